The molecule has 0 spiro atoms. The molecule has 1 aromatic carbocycles. The van der Waals surface area contributed by atoms with Crippen LogP contribution in [0.25, 0.3) is 0 Å². The number of piperidine rings is 1. The van der Waals surface area contributed by atoms with Crippen LogP contribution in [0.3, 0.4) is 0 Å². The fourth-order valence-electron chi connectivity index (χ4n) is 3.20. The molecule has 0 aliphatic carbocycles. The van der Waals surface area contributed by atoms with Gasteiger partial charge in [-0.2, -0.15) is 0 Å². The Morgan fingerprint density at radius 3 is 2.92 bits per heavy atom. The zero-order chi connectivity index (χ0) is 18.0. The topological polar surface area (TPSA) is 53.4 Å². The van der Waals surface area contributed by atoms with Gasteiger partial charge in [-0.05, 0) is 37.4 Å². The molecule has 2 aromatic rings. The molecule has 1 aromatic heterocycles. The summed E-state index contributed by atoms with van der Waals surface area (Å²) in [5.74, 6) is -0.717. The van der Waals surface area contributed by atoms with Gasteiger partial charge in [0.2, 0.25) is 0 Å². The van der Waals surface area contributed by atoms with Crippen molar-refractivity contribution in [2.75, 3.05) is 13.1 Å². The maximum absolute atomic E-state index is 14.2. The van der Waals surface area contributed by atoms with Crippen molar-refractivity contribution in [3.8, 4) is 0 Å². The molecule has 0 amide bonds. The van der Waals surface area contributed by atoms with E-state index in [1.54, 1.807) is 17.4 Å². The van der Waals surface area contributed by atoms with Gasteiger partial charge in [0.15, 0.2) is 0 Å². The second kappa shape index (κ2) is 7.62. The second-order valence-corrected chi connectivity index (χ2v) is 7.84. The molecule has 1 aliphatic rings. The molecular weight excluding hydrogens is 339 g/mol. The highest BCUT2D eigenvalue weighted by molar-refractivity contribution is 7.09. The van der Waals surface area contributed by atoms with Gasteiger partial charge in [-0.15, -0.1) is 11.3 Å². The van der Waals surface area contributed by atoms with E-state index in [0.29, 0.717) is 23.9 Å². The summed E-state index contributed by atoms with van der Waals surface area (Å²) in [4.78, 5) is 17.9. The monoisotopic (exact) mass is 362 g/mol. The Morgan fingerprint density at radius 2 is 2.28 bits per heavy atom. The van der Waals surface area contributed by atoms with Crippen LogP contribution in [-0.2, 0) is 6.54 Å². The van der Waals surface area contributed by atoms with Crippen LogP contribution in [0.15, 0.2) is 23.6 Å². The molecule has 1 unspecified atom stereocenters. The molecule has 1 aliphatic heterocycles. The third-order valence-electron chi connectivity index (χ3n) is 4.68. The Labute approximate surface area is 151 Å². The molecule has 25 heavy (non-hydrogen) atoms. The summed E-state index contributed by atoms with van der Waals surface area (Å²) in [7, 11) is 0. The minimum atomic E-state index is -1.10. The van der Waals surface area contributed by atoms with Crippen LogP contribution in [0.1, 0.15) is 65.1 Å². The first kappa shape index (κ1) is 18.0. The number of hydrogen-bond acceptors (Lipinski definition) is 4. The smallest absolute Gasteiger partial charge is 0.335 e. The van der Waals surface area contributed by atoms with Crippen molar-refractivity contribution in [1.82, 2.24) is 9.88 Å². The minimum Gasteiger partial charge on any atom is -0.478 e. The van der Waals surface area contributed by atoms with Gasteiger partial charge in [0.05, 0.1) is 16.3 Å². The summed E-state index contributed by atoms with van der Waals surface area (Å²) < 4.78 is 14.2. The van der Waals surface area contributed by atoms with E-state index < -0.39 is 11.8 Å². The summed E-state index contributed by atoms with van der Waals surface area (Å²) in [6.45, 7) is 6.60. The molecule has 3 rings (SSSR count). The number of likely N-dealkylation sites (tertiary alicyclic amines) is 1. The van der Waals surface area contributed by atoms with E-state index >= 15 is 0 Å². The lowest BCUT2D eigenvalue weighted by Crippen LogP contribution is -2.34. The SMILES string of the molecule is CC(C)c1csc(C2CCCN(Cc3ccc(C(=O)O)cc3F)C2)n1. The zero-order valence-electron chi connectivity index (χ0n) is 14.5. The number of carboxylic acids is 1. The number of halogens is 1. The van der Waals surface area contributed by atoms with Crippen LogP contribution in [0.2, 0.25) is 0 Å². The quantitative estimate of drug-likeness (QED) is 0.852. The molecule has 134 valence electrons. The number of nitrogens with zero attached hydrogens (tertiary/aromatic N) is 2. The average molecular weight is 362 g/mol. The van der Waals surface area contributed by atoms with Crippen molar-refractivity contribution in [3.05, 3.63) is 51.2 Å². The number of benzene rings is 1. The molecule has 1 saturated heterocycles. The second-order valence-electron chi connectivity index (χ2n) is 6.95. The number of thiazole rings is 1. The zero-order valence-corrected chi connectivity index (χ0v) is 15.4. The average Bonchev–Trinajstić information content (AvgIpc) is 3.07. The fourth-order valence-corrected chi connectivity index (χ4v) is 4.31. The van der Waals surface area contributed by atoms with Crippen LogP contribution < -0.4 is 0 Å². The molecule has 0 bridgehead atoms. The van der Waals surface area contributed by atoms with E-state index in [1.807, 2.05) is 0 Å². The highest BCUT2D eigenvalue weighted by Gasteiger charge is 2.25. The van der Waals surface area contributed by atoms with Gasteiger partial charge < -0.3 is 5.11 Å². The first-order valence-electron chi connectivity index (χ1n) is 8.63. The van der Waals surface area contributed by atoms with Crippen molar-refractivity contribution < 1.29 is 14.3 Å². The highest BCUT2D eigenvalue weighted by atomic mass is 32.1. The number of rotatable bonds is 5. The van der Waals surface area contributed by atoms with Crippen molar-refractivity contribution in [2.24, 2.45) is 0 Å². The van der Waals surface area contributed by atoms with Gasteiger partial charge in [-0.1, -0.05) is 19.9 Å². The maximum atomic E-state index is 14.2. The van der Waals surface area contributed by atoms with Crippen LogP contribution >= 0.6 is 11.3 Å². The van der Waals surface area contributed by atoms with E-state index in [4.69, 9.17) is 10.1 Å². The lowest BCUT2D eigenvalue weighted by molar-refractivity contribution is 0.0696. The highest BCUT2D eigenvalue weighted by Crippen LogP contribution is 2.31. The number of aromatic carboxylic acids is 1. The van der Waals surface area contributed by atoms with Gasteiger partial charge in [0, 0.05) is 30.0 Å². The van der Waals surface area contributed by atoms with Gasteiger partial charge >= 0.3 is 5.97 Å². The van der Waals surface area contributed by atoms with Crippen LogP contribution in [0.4, 0.5) is 4.39 Å². The molecule has 0 radical (unpaired) electrons. The van der Waals surface area contributed by atoms with Gasteiger partial charge in [0.1, 0.15) is 5.82 Å². The van der Waals surface area contributed by atoms with E-state index in [-0.39, 0.29) is 5.56 Å². The molecule has 2 heterocycles. The Hall–Kier alpha value is -1.79. The Kier molecular flexibility index (Phi) is 5.49. The molecular formula is C19H23FN2O2S. The first-order chi connectivity index (χ1) is 11.9. The molecule has 4 nitrogen and oxygen atoms in total. The van der Waals surface area contributed by atoms with Gasteiger partial charge in [-0.3, -0.25) is 4.90 Å². The summed E-state index contributed by atoms with van der Waals surface area (Å²) in [5.41, 5.74) is 1.68. The number of carboxylic acid groups (broad SMARTS) is 1. The Balaban J connectivity index is 1.68. The summed E-state index contributed by atoms with van der Waals surface area (Å²) >= 11 is 1.72. The Bertz CT molecular complexity index is 760. The van der Waals surface area contributed by atoms with Crippen LogP contribution in [0, 0.1) is 5.82 Å². The third kappa shape index (κ3) is 4.25. The number of aromatic nitrogens is 1. The van der Waals surface area contributed by atoms with Crippen molar-refractivity contribution >= 4 is 17.3 Å². The molecule has 1 N–H and O–H groups in total. The van der Waals surface area contributed by atoms with Crippen molar-refractivity contribution in [3.63, 3.8) is 0 Å². The van der Waals surface area contributed by atoms with Crippen molar-refractivity contribution in [1.29, 1.82) is 0 Å². The molecule has 6 heteroatoms. The number of carbonyl (C=O) groups is 1. The van der Waals surface area contributed by atoms with Gasteiger partial charge in [-0.25, -0.2) is 14.2 Å². The Morgan fingerprint density at radius 1 is 1.48 bits per heavy atom. The van der Waals surface area contributed by atoms with E-state index in [0.717, 1.165) is 37.7 Å². The molecule has 1 atom stereocenters. The summed E-state index contributed by atoms with van der Waals surface area (Å²) in [6.07, 6.45) is 2.18. The third-order valence-corrected chi connectivity index (χ3v) is 5.71. The lowest BCUT2D eigenvalue weighted by atomic mass is 9.98. The fraction of sp³-hybridized carbons (Fsp3) is 0.474. The van der Waals surface area contributed by atoms with Gasteiger partial charge in [0.25, 0.3) is 0 Å². The van der Waals surface area contributed by atoms with E-state index in [1.165, 1.54) is 11.1 Å². The molecule has 0 saturated carbocycles. The normalized spacial score (nSPS) is 18.6. The van der Waals surface area contributed by atoms with E-state index in [2.05, 4.69) is 24.1 Å². The van der Waals surface area contributed by atoms with Crippen LogP contribution in [-0.4, -0.2) is 34.0 Å². The predicted octanol–water partition coefficient (Wildman–Crippen LogP) is 4.48. The summed E-state index contributed by atoms with van der Waals surface area (Å²) in [5, 5.41) is 12.3. The van der Waals surface area contributed by atoms with Crippen LogP contribution in [0.5, 0.6) is 0 Å². The predicted molar refractivity (Wildman–Crippen MR) is 96.8 cm³/mol. The minimum absolute atomic E-state index is 0.0122. The lowest BCUT2D eigenvalue weighted by Gasteiger charge is -2.31. The van der Waals surface area contributed by atoms with Crippen molar-refractivity contribution in [2.45, 2.75) is 45.1 Å². The largest absolute Gasteiger partial charge is 0.478 e. The maximum Gasteiger partial charge on any atom is 0.335 e. The summed E-state index contributed by atoms with van der Waals surface area (Å²) in [6, 6.07) is 4.16. The van der Waals surface area contributed by atoms with E-state index in [9.17, 15) is 9.18 Å². The molecule has 1 fully saturated rings. The number of hydrogen-bond donors (Lipinski definition) is 1. The standard InChI is InChI=1S/C19H23FN2O2S/c1-12(2)17-11-25-18(21-17)15-4-3-7-22(10-15)9-14-6-5-13(19(23)24)8-16(14)20/h5-6,8,11-12,15H,3-4,7,9-10H2,1-2H3,(H,23,24). The first-order valence-corrected chi connectivity index (χ1v) is 9.51.